The van der Waals surface area contributed by atoms with Crippen LogP contribution in [-0.2, 0) is 10.2 Å². The van der Waals surface area contributed by atoms with E-state index in [0.717, 1.165) is 6.07 Å². The Morgan fingerprint density at radius 3 is 2.38 bits per heavy atom. The standard InChI is InChI=1S/C11H10F2O3/c12-6-4-7(9(14)8(13)5-6)11(10(15)16)2-1-3-11/h4-5,14H,1-3H2,(H,15,16). The highest BCUT2D eigenvalue weighted by atomic mass is 19.1. The van der Waals surface area contributed by atoms with Crippen molar-refractivity contribution < 1.29 is 23.8 Å². The van der Waals surface area contributed by atoms with Crippen LogP contribution in [0.4, 0.5) is 8.78 Å². The summed E-state index contributed by atoms with van der Waals surface area (Å²) in [7, 11) is 0. The number of hydrogen-bond donors (Lipinski definition) is 2. The lowest BCUT2D eigenvalue weighted by Gasteiger charge is -2.38. The minimum Gasteiger partial charge on any atom is -0.505 e. The van der Waals surface area contributed by atoms with E-state index < -0.39 is 28.8 Å². The van der Waals surface area contributed by atoms with Crippen molar-refractivity contribution in [3.63, 3.8) is 0 Å². The number of phenolic OH excluding ortho intramolecular Hbond substituents is 1. The van der Waals surface area contributed by atoms with E-state index in [4.69, 9.17) is 5.11 Å². The molecule has 1 aromatic carbocycles. The Kier molecular flexibility index (Phi) is 2.33. The number of phenols is 1. The number of carboxylic acids is 1. The highest BCUT2D eigenvalue weighted by Crippen LogP contribution is 2.47. The maximum atomic E-state index is 13.1. The van der Waals surface area contributed by atoms with Gasteiger partial charge < -0.3 is 10.2 Å². The van der Waals surface area contributed by atoms with Crippen molar-refractivity contribution in [3.05, 3.63) is 29.3 Å². The van der Waals surface area contributed by atoms with Gasteiger partial charge in [0.2, 0.25) is 0 Å². The number of carbonyl (C=O) groups is 1. The van der Waals surface area contributed by atoms with Crippen LogP contribution in [0, 0.1) is 11.6 Å². The second-order valence-corrected chi connectivity index (χ2v) is 4.02. The van der Waals surface area contributed by atoms with Gasteiger partial charge >= 0.3 is 5.97 Å². The van der Waals surface area contributed by atoms with E-state index in [9.17, 15) is 18.7 Å². The Labute approximate surface area is 90.3 Å². The van der Waals surface area contributed by atoms with Gasteiger partial charge in [-0.3, -0.25) is 4.79 Å². The van der Waals surface area contributed by atoms with Crippen LogP contribution < -0.4 is 0 Å². The Bertz CT molecular complexity index is 453. The topological polar surface area (TPSA) is 57.5 Å². The Hall–Kier alpha value is -1.65. The molecule has 1 aromatic rings. The predicted octanol–water partition coefficient (Wildman–Crippen LogP) is 2.18. The van der Waals surface area contributed by atoms with Crippen molar-refractivity contribution in [2.24, 2.45) is 0 Å². The fourth-order valence-corrected chi connectivity index (χ4v) is 2.06. The lowest BCUT2D eigenvalue weighted by molar-refractivity contribution is -0.147. The molecule has 0 atom stereocenters. The van der Waals surface area contributed by atoms with E-state index in [2.05, 4.69) is 0 Å². The molecule has 2 N–H and O–H groups in total. The van der Waals surface area contributed by atoms with E-state index in [1.165, 1.54) is 0 Å². The highest BCUT2D eigenvalue weighted by Gasteiger charge is 2.48. The van der Waals surface area contributed by atoms with Crippen LogP contribution in [-0.4, -0.2) is 16.2 Å². The van der Waals surface area contributed by atoms with E-state index >= 15 is 0 Å². The van der Waals surface area contributed by atoms with Gasteiger partial charge in [0.15, 0.2) is 11.6 Å². The summed E-state index contributed by atoms with van der Waals surface area (Å²) in [4.78, 5) is 11.1. The average molecular weight is 228 g/mol. The number of benzene rings is 1. The minimum absolute atomic E-state index is 0.163. The number of halogens is 2. The minimum atomic E-state index is -1.33. The van der Waals surface area contributed by atoms with E-state index in [0.29, 0.717) is 25.3 Å². The smallest absolute Gasteiger partial charge is 0.314 e. The zero-order valence-corrected chi connectivity index (χ0v) is 8.33. The summed E-state index contributed by atoms with van der Waals surface area (Å²) in [5.74, 6) is -3.91. The van der Waals surface area contributed by atoms with Gasteiger partial charge in [-0.25, -0.2) is 8.78 Å². The van der Waals surface area contributed by atoms with Gasteiger partial charge in [0.05, 0.1) is 5.41 Å². The van der Waals surface area contributed by atoms with Crippen molar-refractivity contribution in [2.75, 3.05) is 0 Å². The van der Waals surface area contributed by atoms with Gasteiger partial charge in [-0.2, -0.15) is 0 Å². The molecule has 86 valence electrons. The number of rotatable bonds is 2. The van der Waals surface area contributed by atoms with Crippen LogP contribution in [0.2, 0.25) is 0 Å². The van der Waals surface area contributed by atoms with E-state index in [1.54, 1.807) is 0 Å². The molecule has 0 spiro atoms. The van der Waals surface area contributed by atoms with Crippen LogP contribution >= 0.6 is 0 Å². The number of hydrogen-bond acceptors (Lipinski definition) is 2. The van der Waals surface area contributed by atoms with E-state index in [-0.39, 0.29) is 5.56 Å². The molecule has 0 bridgehead atoms. The van der Waals surface area contributed by atoms with Gasteiger partial charge in [0.1, 0.15) is 5.82 Å². The molecule has 0 aromatic heterocycles. The van der Waals surface area contributed by atoms with Crippen LogP contribution in [0.1, 0.15) is 24.8 Å². The van der Waals surface area contributed by atoms with E-state index in [1.807, 2.05) is 0 Å². The lowest BCUT2D eigenvalue weighted by Crippen LogP contribution is -2.42. The molecule has 16 heavy (non-hydrogen) atoms. The lowest BCUT2D eigenvalue weighted by atomic mass is 9.64. The number of carboxylic acid groups (broad SMARTS) is 1. The van der Waals surface area contributed by atoms with Crippen molar-refractivity contribution in [1.82, 2.24) is 0 Å². The first-order chi connectivity index (χ1) is 7.47. The van der Waals surface area contributed by atoms with Crippen molar-refractivity contribution in [3.8, 4) is 5.75 Å². The SMILES string of the molecule is O=C(O)C1(c2cc(F)cc(F)c2O)CCC1. The van der Waals surface area contributed by atoms with Gasteiger partial charge in [0, 0.05) is 11.6 Å². The van der Waals surface area contributed by atoms with Crippen LogP contribution in [0.3, 0.4) is 0 Å². The number of aromatic hydroxyl groups is 1. The van der Waals surface area contributed by atoms with Crippen LogP contribution in [0.25, 0.3) is 0 Å². The monoisotopic (exact) mass is 228 g/mol. The first-order valence-electron chi connectivity index (χ1n) is 4.89. The molecule has 1 aliphatic rings. The zero-order valence-electron chi connectivity index (χ0n) is 8.33. The molecule has 0 heterocycles. The molecule has 1 aliphatic carbocycles. The second kappa shape index (κ2) is 3.43. The maximum absolute atomic E-state index is 13.1. The molecular weight excluding hydrogens is 218 g/mol. The van der Waals surface area contributed by atoms with Gasteiger partial charge in [0.25, 0.3) is 0 Å². The molecule has 0 radical (unpaired) electrons. The molecule has 1 fully saturated rings. The van der Waals surface area contributed by atoms with Crippen LogP contribution in [0.5, 0.6) is 5.75 Å². The van der Waals surface area contributed by atoms with Crippen molar-refractivity contribution in [2.45, 2.75) is 24.7 Å². The quantitative estimate of drug-likeness (QED) is 0.815. The number of aliphatic carboxylic acids is 1. The highest BCUT2D eigenvalue weighted by molar-refractivity contribution is 5.83. The molecule has 0 aliphatic heterocycles. The summed E-state index contributed by atoms with van der Waals surface area (Å²) < 4.78 is 26.1. The van der Waals surface area contributed by atoms with Gasteiger partial charge in [-0.05, 0) is 18.9 Å². The normalized spacial score (nSPS) is 17.9. The Morgan fingerprint density at radius 1 is 1.31 bits per heavy atom. The van der Waals surface area contributed by atoms with Gasteiger partial charge in [-0.15, -0.1) is 0 Å². The summed E-state index contributed by atoms with van der Waals surface area (Å²) >= 11 is 0. The Balaban J connectivity index is 2.59. The molecule has 0 unspecified atom stereocenters. The first kappa shape index (κ1) is 10.9. The molecule has 5 heteroatoms. The first-order valence-corrected chi connectivity index (χ1v) is 4.89. The fraction of sp³-hybridized carbons (Fsp3) is 0.364. The second-order valence-electron chi connectivity index (χ2n) is 4.02. The third-order valence-corrected chi connectivity index (χ3v) is 3.16. The summed E-state index contributed by atoms with van der Waals surface area (Å²) in [5, 5.41) is 18.6. The molecule has 1 saturated carbocycles. The molecular formula is C11H10F2O3. The zero-order chi connectivity index (χ0) is 11.9. The predicted molar refractivity (Wildman–Crippen MR) is 51.2 cm³/mol. The van der Waals surface area contributed by atoms with Crippen molar-refractivity contribution in [1.29, 1.82) is 0 Å². The summed E-state index contributed by atoms with van der Waals surface area (Å²) in [5.41, 5.74) is -1.49. The summed E-state index contributed by atoms with van der Waals surface area (Å²) in [6, 6.07) is 1.43. The summed E-state index contributed by atoms with van der Waals surface area (Å²) in [6.07, 6.45) is 1.25. The average Bonchev–Trinajstić information content (AvgIpc) is 2.10. The molecule has 3 nitrogen and oxygen atoms in total. The fourth-order valence-electron chi connectivity index (χ4n) is 2.06. The Morgan fingerprint density at radius 2 is 1.94 bits per heavy atom. The largest absolute Gasteiger partial charge is 0.505 e. The molecule has 0 saturated heterocycles. The van der Waals surface area contributed by atoms with Crippen molar-refractivity contribution >= 4 is 5.97 Å². The van der Waals surface area contributed by atoms with Gasteiger partial charge in [-0.1, -0.05) is 6.42 Å². The summed E-state index contributed by atoms with van der Waals surface area (Å²) in [6.45, 7) is 0. The third kappa shape index (κ3) is 1.35. The third-order valence-electron chi connectivity index (χ3n) is 3.16. The molecule has 0 amide bonds. The maximum Gasteiger partial charge on any atom is 0.314 e. The van der Waals surface area contributed by atoms with Crippen LogP contribution in [0.15, 0.2) is 12.1 Å². The molecule has 2 rings (SSSR count).